The number of nitrogens with zero attached hydrogens (tertiary/aromatic N) is 1. The molecule has 0 aliphatic carbocycles. The molecule has 0 amide bonds. The molecule has 0 saturated heterocycles. The molecule has 1 rings (SSSR count). The summed E-state index contributed by atoms with van der Waals surface area (Å²) >= 11 is 0. The first kappa shape index (κ1) is 7.72. The molecule has 58 valence electrons. The van der Waals surface area contributed by atoms with Gasteiger partial charge in [-0.15, -0.1) is 0 Å². The Bertz CT molecular complexity index is 211. The zero-order valence-electron chi connectivity index (χ0n) is 6.06. The van der Waals surface area contributed by atoms with Crippen LogP contribution in [0.2, 0.25) is 0 Å². The summed E-state index contributed by atoms with van der Waals surface area (Å²) in [6.45, 7) is 0.426. The van der Waals surface area contributed by atoms with Gasteiger partial charge in [0.1, 0.15) is 12.0 Å². The summed E-state index contributed by atoms with van der Waals surface area (Å²) in [5, 5.41) is 0. The van der Waals surface area contributed by atoms with Crippen LogP contribution in [-0.4, -0.2) is 17.9 Å². The van der Waals surface area contributed by atoms with Gasteiger partial charge in [-0.1, -0.05) is 0 Å². The van der Waals surface area contributed by atoms with Gasteiger partial charge in [-0.2, -0.15) is 0 Å². The molecule has 0 aromatic carbocycles. The highest BCUT2D eigenvalue weighted by Crippen LogP contribution is 2.05. The predicted molar refractivity (Wildman–Crippen MR) is 40.4 cm³/mol. The van der Waals surface area contributed by atoms with E-state index in [4.69, 9.17) is 4.74 Å². The molecule has 0 bridgehead atoms. The number of rotatable bonds is 4. The van der Waals surface area contributed by atoms with Gasteiger partial charge < -0.3 is 9.53 Å². The normalized spacial score (nSPS) is 9.09. The van der Waals surface area contributed by atoms with E-state index < -0.39 is 0 Å². The second-order valence-electron chi connectivity index (χ2n) is 1.99. The van der Waals surface area contributed by atoms with E-state index in [1.807, 2.05) is 0 Å². The third-order valence-corrected chi connectivity index (χ3v) is 1.14. The minimum absolute atomic E-state index is 0.425. The van der Waals surface area contributed by atoms with Crippen LogP contribution in [0.1, 0.15) is 6.42 Å². The zero-order chi connectivity index (χ0) is 7.94. The quantitative estimate of drug-likeness (QED) is 0.477. The van der Waals surface area contributed by atoms with Crippen LogP contribution in [0.5, 0.6) is 5.75 Å². The minimum atomic E-state index is 0.425. The second-order valence-corrected chi connectivity index (χ2v) is 1.99. The molecule has 3 heteroatoms. The summed E-state index contributed by atoms with van der Waals surface area (Å²) < 4.78 is 5.15. The monoisotopic (exact) mass is 151 g/mol. The van der Waals surface area contributed by atoms with Crippen molar-refractivity contribution in [2.75, 3.05) is 6.61 Å². The lowest BCUT2D eigenvalue weighted by Crippen LogP contribution is -1.97. The second kappa shape index (κ2) is 4.44. The molecule has 0 atom stereocenters. The van der Waals surface area contributed by atoms with Crippen molar-refractivity contribution in [3.8, 4) is 5.75 Å². The Morgan fingerprint density at radius 3 is 3.18 bits per heavy atom. The molecule has 0 N–H and O–H groups in total. The molecule has 0 saturated carbocycles. The average Bonchev–Trinajstić information content (AvgIpc) is 2.07. The van der Waals surface area contributed by atoms with E-state index >= 15 is 0 Å². The van der Waals surface area contributed by atoms with Crippen molar-refractivity contribution in [2.45, 2.75) is 6.42 Å². The number of pyridine rings is 1. The number of hydrogen-bond acceptors (Lipinski definition) is 3. The van der Waals surface area contributed by atoms with Gasteiger partial charge in [-0.25, -0.2) is 0 Å². The number of carbonyl (C=O) groups excluding carboxylic acids is 1. The minimum Gasteiger partial charge on any atom is -0.492 e. The molecule has 1 aromatic rings. The first-order valence-electron chi connectivity index (χ1n) is 3.40. The van der Waals surface area contributed by atoms with Crippen LogP contribution in [0.15, 0.2) is 24.5 Å². The first-order valence-corrected chi connectivity index (χ1v) is 3.40. The van der Waals surface area contributed by atoms with E-state index in [-0.39, 0.29) is 0 Å². The summed E-state index contributed by atoms with van der Waals surface area (Å²) in [4.78, 5) is 13.7. The van der Waals surface area contributed by atoms with Crippen molar-refractivity contribution in [3.05, 3.63) is 24.5 Å². The molecule has 3 nitrogen and oxygen atoms in total. The van der Waals surface area contributed by atoms with Gasteiger partial charge in [-0.05, 0) is 12.1 Å². The van der Waals surface area contributed by atoms with Crippen LogP contribution in [0.3, 0.4) is 0 Å². The third kappa shape index (κ3) is 2.80. The number of ether oxygens (including phenoxy) is 1. The highest BCUT2D eigenvalue weighted by Gasteiger charge is 1.89. The van der Waals surface area contributed by atoms with Gasteiger partial charge in [0.25, 0.3) is 0 Å². The molecule has 0 spiro atoms. The fourth-order valence-corrected chi connectivity index (χ4v) is 0.657. The highest BCUT2D eigenvalue weighted by atomic mass is 16.5. The van der Waals surface area contributed by atoms with Crippen LogP contribution < -0.4 is 4.74 Å². The molecule has 0 radical (unpaired) electrons. The number of hydrogen-bond donors (Lipinski definition) is 0. The van der Waals surface area contributed by atoms with Gasteiger partial charge in [0, 0.05) is 12.6 Å². The zero-order valence-corrected chi connectivity index (χ0v) is 6.06. The Labute approximate surface area is 65.0 Å². The standard InChI is InChI=1S/C8H9NO2/c10-5-2-6-11-8-3-1-4-9-7-8/h1,3-5,7H,2,6H2. The van der Waals surface area contributed by atoms with Crippen molar-refractivity contribution in [3.63, 3.8) is 0 Å². The average molecular weight is 151 g/mol. The molecular formula is C8H9NO2. The summed E-state index contributed by atoms with van der Waals surface area (Å²) in [6, 6.07) is 3.59. The maximum Gasteiger partial charge on any atom is 0.137 e. The summed E-state index contributed by atoms with van der Waals surface area (Å²) in [5.74, 6) is 0.703. The van der Waals surface area contributed by atoms with Crippen LogP contribution in [0.4, 0.5) is 0 Å². The van der Waals surface area contributed by atoms with E-state index in [0.29, 0.717) is 18.8 Å². The van der Waals surface area contributed by atoms with Gasteiger partial charge >= 0.3 is 0 Å². The fourth-order valence-electron chi connectivity index (χ4n) is 0.657. The number of carbonyl (C=O) groups is 1. The molecule has 1 heterocycles. The van der Waals surface area contributed by atoms with Gasteiger partial charge in [0.05, 0.1) is 12.8 Å². The maximum atomic E-state index is 9.90. The molecule has 0 fully saturated rings. The van der Waals surface area contributed by atoms with Crippen molar-refractivity contribution >= 4 is 6.29 Å². The van der Waals surface area contributed by atoms with Crippen molar-refractivity contribution < 1.29 is 9.53 Å². The van der Waals surface area contributed by atoms with Crippen molar-refractivity contribution in [1.82, 2.24) is 4.98 Å². The Morgan fingerprint density at radius 2 is 2.55 bits per heavy atom. The third-order valence-electron chi connectivity index (χ3n) is 1.14. The topological polar surface area (TPSA) is 39.2 Å². The van der Waals surface area contributed by atoms with Crippen LogP contribution in [0, 0.1) is 0 Å². The van der Waals surface area contributed by atoms with Crippen LogP contribution >= 0.6 is 0 Å². The van der Waals surface area contributed by atoms with Crippen LogP contribution in [0.25, 0.3) is 0 Å². The molecular weight excluding hydrogens is 142 g/mol. The summed E-state index contributed by atoms with van der Waals surface area (Å²) in [6.07, 6.45) is 4.54. The number of aldehydes is 1. The van der Waals surface area contributed by atoms with Gasteiger partial charge in [0.2, 0.25) is 0 Å². The Hall–Kier alpha value is -1.38. The fraction of sp³-hybridized carbons (Fsp3) is 0.250. The van der Waals surface area contributed by atoms with E-state index in [1.54, 1.807) is 24.5 Å². The smallest absolute Gasteiger partial charge is 0.137 e. The van der Waals surface area contributed by atoms with Crippen molar-refractivity contribution in [1.29, 1.82) is 0 Å². The lowest BCUT2D eigenvalue weighted by Gasteiger charge is -2.00. The van der Waals surface area contributed by atoms with Crippen molar-refractivity contribution in [2.24, 2.45) is 0 Å². The lowest BCUT2D eigenvalue weighted by atomic mass is 10.4. The summed E-state index contributed by atoms with van der Waals surface area (Å²) in [7, 11) is 0. The lowest BCUT2D eigenvalue weighted by molar-refractivity contribution is -0.108. The Balaban J connectivity index is 2.33. The SMILES string of the molecule is O=CCCOc1cccnc1. The van der Waals surface area contributed by atoms with E-state index in [1.165, 1.54) is 0 Å². The van der Waals surface area contributed by atoms with Crippen LogP contribution in [-0.2, 0) is 4.79 Å². The first-order chi connectivity index (χ1) is 5.43. The summed E-state index contributed by atoms with van der Waals surface area (Å²) in [5.41, 5.74) is 0. The molecule has 0 aliphatic heterocycles. The largest absolute Gasteiger partial charge is 0.492 e. The van der Waals surface area contributed by atoms with Gasteiger partial charge in [0.15, 0.2) is 0 Å². The van der Waals surface area contributed by atoms with E-state index in [9.17, 15) is 4.79 Å². The van der Waals surface area contributed by atoms with E-state index in [0.717, 1.165) is 6.29 Å². The molecule has 0 aliphatic rings. The highest BCUT2D eigenvalue weighted by molar-refractivity contribution is 5.49. The molecule has 11 heavy (non-hydrogen) atoms. The number of aromatic nitrogens is 1. The van der Waals surface area contributed by atoms with E-state index in [2.05, 4.69) is 4.98 Å². The molecule has 1 aromatic heterocycles. The predicted octanol–water partition coefficient (Wildman–Crippen LogP) is 1.05. The van der Waals surface area contributed by atoms with Gasteiger partial charge in [-0.3, -0.25) is 4.98 Å². The maximum absolute atomic E-state index is 9.90. The Morgan fingerprint density at radius 1 is 1.64 bits per heavy atom. The Kier molecular flexibility index (Phi) is 3.12. The molecule has 0 unspecified atom stereocenters.